The molecule has 0 spiro atoms. The molecule has 0 aliphatic carbocycles. The summed E-state index contributed by atoms with van der Waals surface area (Å²) in [6.45, 7) is 0. The summed E-state index contributed by atoms with van der Waals surface area (Å²) in [5.41, 5.74) is 5.76. The molecule has 2 heterocycles. The molecule has 0 unspecified atom stereocenters. The van der Waals surface area contributed by atoms with E-state index in [4.69, 9.17) is 5.73 Å². The molecule has 0 aromatic carbocycles. The minimum Gasteiger partial charge on any atom is -0.383 e. The number of thiophene rings is 1. The molecule has 0 saturated carbocycles. The minimum atomic E-state index is 0.572. The van der Waals surface area contributed by atoms with E-state index in [1.165, 1.54) is 10.8 Å². The maximum atomic E-state index is 5.76. The third-order valence-corrected chi connectivity index (χ3v) is 3.74. The summed E-state index contributed by atoms with van der Waals surface area (Å²) in [4.78, 5) is 9.50. The standard InChI is InChI=1S/C7H7N3S3/c1-11-13-7-9-5(8)4-2-3-12-6(4)10-7/h2-3H,1H3,(H2,8,9,10). The van der Waals surface area contributed by atoms with Crippen molar-refractivity contribution in [3.05, 3.63) is 11.4 Å². The van der Waals surface area contributed by atoms with Crippen LogP contribution >= 0.6 is 32.9 Å². The highest BCUT2D eigenvalue weighted by Gasteiger charge is 2.05. The molecule has 0 saturated heterocycles. The van der Waals surface area contributed by atoms with Crippen LogP contribution in [0.1, 0.15) is 0 Å². The molecule has 0 radical (unpaired) electrons. The highest BCUT2D eigenvalue weighted by molar-refractivity contribution is 8.76. The zero-order chi connectivity index (χ0) is 9.26. The number of aromatic nitrogens is 2. The van der Waals surface area contributed by atoms with Gasteiger partial charge in [0.05, 0.1) is 5.39 Å². The Morgan fingerprint density at radius 2 is 2.31 bits per heavy atom. The number of hydrogen-bond acceptors (Lipinski definition) is 6. The fourth-order valence-electron chi connectivity index (χ4n) is 0.970. The third kappa shape index (κ3) is 1.74. The van der Waals surface area contributed by atoms with Gasteiger partial charge >= 0.3 is 0 Å². The van der Waals surface area contributed by atoms with E-state index in [2.05, 4.69) is 9.97 Å². The van der Waals surface area contributed by atoms with Crippen molar-refractivity contribution in [3.63, 3.8) is 0 Å². The van der Waals surface area contributed by atoms with Crippen LogP contribution in [0.5, 0.6) is 0 Å². The fourth-order valence-corrected chi connectivity index (χ4v) is 2.88. The molecule has 2 N–H and O–H groups in total. The molecule has 2 aromatic rings. The van der Waals surface area contributed by atoms with Crippen molar-refractivity contribution < 1.29 is 0 Å². The highest BCUT2D eigenvalue weighted by Crippen LogP contribution is 2.30. The van der Waals surface area contributed by atoms with Gasteiger partial charge in [-0.25, -0.2) is 9.97 Å². The molecule has 2 aromatic heterocycles. The van der Waals surface area contributed by atoms with Crippen LogP contribution in [-0.2, 0) is 0 Å². The lowest BCUT2D eigenvalue weighted by Crippen LogP contribution is -1.93. The number of rotatable bonds is 2. The van der Waals surface area contributed by atoms with E-state index >= 15 is 0 Å². The quantitative estimate of drug-likeness (QED) is 0.633. The van der Waals surface area contributed by atoms with Gasteiger partial charge in [0, 0.05) is 0 Å². The molecule has 0 atom stereocenters. The summed E-state index contributed by atoms with van der Waals surface area (Å²) in [6.07, 6.45) is 1.99. The Balaban J connectivity index is 2.56. The van der Waals surface area contributed by atoms with Gasteiger partial charge in [-0.05, 0) is 28.5 Å². The monoisotopic (exact) mass is 229 g/mol. The second-order valence-corrected chi connectivity index (χ2v) is 5.54. The first-order chi connectivity index (χ1) is 6.31. The van der Waals surface area contributed by atoms with Gasteiger partial charge in [-0.3, -0.25) is 0 Å². The first kappa shape index (κ1) is 9.11. The molecular weight excluding hydrogens is 222 g/mol. The normalized spacial score (nSPS) is 10.8. The SMILES string of the molecule is CSSc1nc(N)c2ccsc2n1. The highest BCUT2D eigenvalue weighted by atomic mass is 33.1. The van der Waals surface area contributed by atoms with Crippen molar-refractivity contribution in [2.75, 3.05) is 12.0 Å². The first-order valence-electron chi connectivity index (χ1n) is 3.52. The molecule has 0 fully saturated rings. The number of nitrogens with zero attached hydrogens (tertiary/aromatic N) is 2. The largest absolute Gasteiger partial charge is 0.383 e. The predicted molar refractivity (Wildman–Crippen MR) is 61.2 cm³/mol. The summed E-state index contributed by atoms with van der Waals surface area (Å²) in [5.74, 6) is 0.572. The molecule has 0 aliphatic rings. The van der Waals surface area contributed by atoms with Crippen LogP contribution < -0.4 is 5.73 Å². The first-order valence-corrected chi connectivity index (χ1v) is 6.96. The maximum Gasteiger partial charge on any atom is 0.201 e. The van der Waals surface area contributed by atoms with Crippen LogP contribution in [-0.4, -0.2) is 16.2 Å². The number of hydrogen-bond donors (Lipinski definition) is 1. The van der Waals surface area contributed by atoms with E-state index in [0.29, 0.717) is 5.82 Å². The van der Waals surface area contributed by atoms with Crippen molar-refractivity contribution in [1.29, 1.82) is 0 Å². The Kier molecular flexibility index (Phi) is 2.61. The van der Waals surface area contributed by atoms with Gasteiger partial charge in [-0.1, -0.05) is 10.8 Å². The fraction of sp³-hybridized carbons (Fsp3) is 0.143. The summed E-state index contributed by atoms with van der Waals surface area (Å²) >= 11 is 1.59. The Bertz CT molecular complexity index is 426. The number of nitrogen functional groups attached to an aromatic ring is 1. The molecule has 2 rings (SSSR count). The lowest BCUT2D eigenvalue weighted by atomic mass is 10.4. The zero-order valence-corrected chi connectivity index (χ0v) is 9.30. The smallest absolute Gasteiger partial charge is 0.201 e. The third-order valence-electron chi connectivity index (χ3n) is 1.49. The Labute approximate surface area is 87.5 Å². The molecule has 0 bridgehead atoms. The molecular formula is C7H7N3S3. The van der Waals surface area contributed by atoms with Crippen molar-refractivity contribution in [2.24, 2.45) is 0 Å². The molecule has 68 valence electrons. The molecule has 6 heteroatoms. The van der Waals surface area contributed by atoms with Gasteiger partial charge in [-0.2, -0.15) is 0 Å². The van der Waals surface area contributed by atoms with Crippen molar-refractivity contribution >= 4 is 49.0 Å². The second kappa shape index (κ2) is 3.73. The summed E-state index contributed by atoms with van der Waals surface area (Å²) < 4.78 is 0. The van der Waals surface area contributed by atoms with E-state index < -0.39 is 0 Å². The lowest BCUT2D eigenvalue weighted by molar-refractivity contribution is 1.03. The van der Waals surface area contributed by atoms with E-state index in [1.54, 1.807) is 22.1 Å². The number of anilines is 1. The van der Waals surface area contributed by atoms with E-state index in [0.717, 1.165) is 15.4 Å². The Morgan fingerprint density at radius 1 is 1.46 bits per heavy atom. The van der Waals surface area contributed by atoms with Crippen LogP contribution in [0.4, 0.5) is 5.82 Å². The molecule has 0 amide bonds. The van der Waals surface area contributed by atoms with E-state index in [-0.39, 0.29) is 0 Å². The Hall–Kier alpha value is -0.460. The predicted octanol–water partition coefficient (Wildman–Crippen LogP) is 2.64. The average Bonchev–Trinajstić information content (AvgIpc) is 2.53. The van der Waals surface area contributed by atoms with Crippen LogP contribution in [0.2, 0.25) is 0 Å². The summed E-state index contributed by atoms with van der Waals surface area (Å²) in [7, 11) is 3.14. The van der Waals surface area contributed by atoms with Gasteiger partial charge in [-0.15, -0.1) is 11.3 Å². The van der Waals surface area contributed by atoms with E-state index in [9.17, 15) is 0 Å². The van der Waals surface area contributed by atoms with Crippen LogP contribution in [0.15, 0.2) is 16.6 Å². The number of fused-ring (bicyclic) bond motifs is 1. The van der Waals surface area contributed by atoms with Gasteiger partial charge in [0.25, 0.3) is 0 Å². The topological polar surface area (TPSA) is 51.8 Å². The second-order valence-electron chi connectivity index (χ2n) is 2.28. The van der Waals surface area contributed by atoms with Crippen LogP contribution in [0.3, 0.4) is 0 Å². The zero-order valence-electron chi connectivity index (χ0n) is 6.85. The summed E-state index contributed by atoms with van der Waals surface area (Å²) in [6, 6.07) is 1.95. The van der Waals surface area contributed by atoms with Crippen LogP contribution in [0.25, 0.3) is 10.2 Å². The van der Waals surface area contributed by atoms with Crippen molar-refractivity contribution in [2.45, 2.75) is 5.16 Å². The number of nitrogens with two attached hydrogens (primary N) is 1. The van der Waals surface area contributed by atoms with Crippen molar-refractivity contribution in [3.8, 4) is 0 Å². The Morgan fingerprint density at radius 3 is 3.08 bits per heavy atom. The maximum absolute atomic E-state index is 5.76. The van der Waals surface area contributed by atoms with Gasteiger partial charge in [0.15, 0.2) is 0 Å². The minimum absolute atomic E-state index is 0.572. The van der Waals surface area contributed by atoms with Crippen molar-refractivity contribution in [1.82, 2.24) is 9.97 Å². The molecule has 0 aliphatic heterocycles. The molecule has 13 heavy (non-hydrogen) atoms. The summed E-state index contributed by atoms with van der Waals surface area (Å²) in [5, 5.41) is 3.67. The van der Waals surface area contributed by atoms with Gasteiger partial charge in [0.1, 0.15) is 10.6 Å². The van der Waals surface area contributed by atoms with Gasteiger partial charge in [0.2, 0.25) is 5.16 Å². The molecule has 3 nitrogen and oxygen atoms in total. The van der Waals surface area contributed by atoms with E-state index in [1.807, 2.05) is 17.7 Å². The lowest BCUT2D eigenvalue weighted by Gasteiger charge is -1.98. The van der Waals surface area contributed by atoms with Crippen LogP contribution in [0, 0.1) is 0 Å². The van der Waals surface area contributed by atoms with Gasteiger partial charge < -0.3 is 5.73 Å². The average molecular weight is 229 g/mol.